The molecule has 1 saturated heterocycles. The maximum atomic E-state index is 12.8. The lowest BCUT2D eigenvalue weighted by atomic mass is 10.1. The molecule has 3 rings (SSSR count). The van der Waals surface area contributed by atoms with E-state index in [2.05, 4.69) is 18.8 Å². The molecule has 10 heteroatoms. The molecule has 0 atom stereocenters. The lowest BCUT2D eigenvalue weighted by Gasteiger charge is -2.35. The van der Waals surface area contributed by atoms with E-state index >= 15 is 0 Å². The number of methoxy groups -OCH3 is 1. The first-order valence-corrected chi connectivity index (χ1v) is 11.2. The first-order chi connectivity index (χ1) is 16.1. The van der Waals surface area contributed by atoms with Crippen molar-refractivity contribution in [1.29, 1.82) is 0 Å². The molecule has 1 fully saturated rings. The maximum absolute atomic E-state index is 12.8. The van der Waals surface area contributed by atoms with E-state index < -0.39 is 11.7 Å². The summed E-state index contributed by atoms with van der Waals surface area (Å²) in [6.07, 6.45) is -0.535. The SMILES string of the molecule is COc1cc(C=CC(=O)N2CCN(c3ncc(C(F)(F)F)cc3Cl)CC2)ccc1OCC(C)C. The number of aromatic nitrogens is 1. The quantitative estimate of drug-likeness (QED) is 0.495. The van der Waals surface area contributed by atoms with Crippen LogP contribution in [0, 0.1) is 5.92 Å². The Bertz CT molecular complexity index is 1040. The predicted octanol–water partition coefficient (Wildman–Crippen LogP) is 5.16. The Balaban J connectivity index is 1.58. The molecule has 1 aromatic heterocycles. The summed E-state index contributed by atoms with van der Waals surface area (Å²) < 4.78 is 49.6. The average molecular weight is 498 g/mol. The first-order valence-electron chi connectivity index (χ1n) is 10.8. The highest BCUT2D eigenvalue weighted by molar-refractivity contribution is 6.33. The van der Waals surface area contributed by atoms with E-state index in [1.54, 1.807) is 29.1 Å². The number of halogens is 4. The highest BCUT2D eigenvalue weighted by Crippen LogP contribution is 2.34. The molecule has 184 valence electrons. The molecular weight excluding hydrogens is 471 g/mol. The zero-order valence-electron chi connectivity index (χ0n) is 19.2. The maximum Gasteiger partial charge on any atom is 0.417 e. The van der Waals surface area contributed by atoms with Crippen molar-refractivity contribution in [3.63, 3.8) is 0 Å². The summed E-state index contributed by atoms with van der Waals surface area (Å²) in [5, 5.41) is -0.0655. The van der Waals surface area contributed by atoms with Gasteiger partial charge in [-0.15, -0.1) is 0 Å². The summed E-state index contributed by atoms with van der Waals surface area (Å²) in [4.78, 5) is 20.0. The Morgan fingerprint density at radius 2 is 1.88 bits per heavy atom. The van der Waals surface area contributed by atoms with Crippen LogP contribution in [0.3, 0.4) is 0 Å². The second-order valence-corrected chi connectivity index (χ2v) is 8.70. The van der Waals surface area contributed by atoms with Crippen molar-refractivity contribution in [3.8, 4) is 11.5 Å². The number of carbonyl (C=O) groups excluding carboxylic acids is 1. The Labute approximate surface area is 201 Å². The number of hydrogen-bond donors (Lipinski definition) is 0. The number of ether oxygens (including phenoxy) is 2. The monoisotopic (exact) mass is 497 g/mol. The smallest absolute Gasteiger partial charge is 0.417 e. The van der Waals surface area contributed by atoms with Crippen molar-refractivity contribution >= 4 is 29.4 Å². The van der Waals surface area contributed by atoms with Crippen molar-refractivity contribution in [3.05, 3.63) is 52.7 Å². The third-order valence-electron chi connectivity index (χ3n) is 5.22. The van der Waals surface area contributed by atoms with Gasteiger partial charge in [0.1, 0.15) is 5.82 Å². The number of amides is 1. The number of nitrogens with zero attached hydrogens (tertiary/aromatic N) is 3. The van der Waals surface area contributed by atoms with E-state index in [4.69, 9.17) is 21.1 Å². The van der Waals surface area contributed by atoms with Crippen LogP contribution in [0.1, 0.15) is 25.0 Å². The largest absolute Gasteiger partial charge is 0.493 e. The lowest BCUT2D eigenvalue weighted by molar-refractivity contribution is -0.137. The Morgan fingerprint density at radius 3 is 2.47 bits per heavy atom. The third-order valence-corrected chi connectivity index (χ3v) is 5.50. The fraction of sp³-hybridized carbons (Fsp3) is 0.417. The van der Waals surface area contributed by atoms with Gasteiger partial charge in [-0.25, -0.2) is 4.98 Å². The van der Waals surface area contributed by atoms with Gasteiger partial charge in [0.25, 0.3) is 0 Å². The molecule has 0 aliphatic carbocycles. The van der Waals surface area contributed by atoms with Crippen molar-refractivity contribution in [2.24, 2.45) is 5.92 Å². The van der Waals surface area contributed by atoms with Gasteiger partial charge >= 0.3 is 6.18 Å². The molecule has 0 unspecified atom stereocenters. The van der Waals surface area contributed by atoms with Gasteiger partial charge in [-0.2, -0.15) is 13.2 Å². The second kappa shape index (κ2) is 11.0. The van der Waals surface area contributed by atoms with E-state index in [9.17, 15) is 18.0 Å². The minimum atomic E-state index is -4.50. The summed E-state index contributed by atoms with van der Waals surface area (Å²) in [6.45, 7) is 6.30. The molecule has 1 amide bonds. The predicted molar refractivity (Wildman–Crippen MR) is 125 cm³/mol. The normalized spacial score (nSPS) is 14.7. The molecule has 6 nitrogen and oxygen atoms in total. The van der Waals surface area contributed by atoms with Crippen LogP contribution in [0.15, 0.2) is 36.5 Å². The number of alkyl halides is 3. The van der Waals surface area contributed by atoms with Crippen LogP contribution >= 0.6 is 11.6 Å². The van der Waals surface area contributed by atoms with E-state index in [1.807, 2.05) is 12.1 Å². The lowest BCUT2D eigenvalue weighted by Crippen LogP contribution is -2.48. The molecule has 34 heavy (non-hydrogen) atoms. The van der Waals surface area contributed by atoms with Crippen LogP contribution in [0.4, 0.5) is 19.0 Å². The highest BCUT2D eigenvalue weighted by atomic mass is 35.5. The number of hydrogen-bond acceptors (Lipinski definition) is 5. The van der Waals surface area contributed by atoms with Gasteiger partial charge in [-0.05, 0) is 35.8 Å². The summed E-state index contributed by atoms with van der Waals surface area (Å²) in [6, 6.07) is 6.33. The van der Waals surface area contributed by atoms with Crippen LogP contribution in [0.25, 0.3) is 6.08 Å². The van der Waals surface area contributed by atoms with Crippen molar-refractivity contribution < 1.29 is 27.4 Å². The molecule has 0 saturated carbocycles. The standard InChI is InChI=1S/C24H27ClF3N3O3/c1-16(2)15-34-20-6-4-17(12-21(20)33-3)5-7-22(32)30-8-10-31(11-9-30)23-19(25)13-18(14-29-23)24(26,27)28/h4-7,12-14,16H,8-11,15H2,1-3H3. The number of piperazine rings is 1. The number of carbonyl (C=O) groups is 1. The molecule has 2 aromatic rings. The molecule has 0 radical (unpaired) electrons. The second-order valence-electron chi connectivity index (χ2n) is 8.29. The van der Waals surface area contributed by atoms with Crippen LogP contribution in [0.2, 0.25) is 5.02 Å². The molecule has 2 heterocycles. The Kier molecular flexibility index (Phi) is 8.30. The Hall–Kier alpha value is -2.94. The van der Waals surface area contributed by atoms with E-state index in [1.165, 1.54) is 6.08 Å². The van der Waals surface area contributed by atoms with Gasteiger partial charge in [-0.1, -0.05) is 31.5 Å². The Morgan fingerprint density at radius 1 is 1.18 bits per heavy atom. The average Bonchev–Trinajstić information content (AvgIpc) is 2.80. The fourth-order valence-electron chi connectivity index (χ4n) is 3.39. The summed E-state index contributed by atoms with van der Waals surface area (Å²) in [5.74, 6) is 1.74. The zero-order valence-corrected chi connectivity index (χ0v) is 20.0. The van der Waals surface area contributed by atoms with Gasteiger partial charge in [0.2, 0.25) is 5.91 Å². The number of benzene rings is 1. The van der Waals surface area contributed by atoms with E-state index in [0.717, 1.165) is 17.8 Å². The molecule has 1 aromatic carbocycles. The van der Waals surface area contributed by atoms with Gasteiger partial charge in [0.05, 0.1) is 24.3 Å². The van der Waals surface area contributed by atoms with Gasteiger partial charge in [0, 0.05) is 38.5 Å². The summed E-state index contributed by atoms with van der Waals surface area (Å²) in [5.41, 5.74) is -0.0992. The number of rotatable bonds is 7. The van der Waals surface area contributed by atoms with Crippen LogP contribution < -0.4 is 14.4 Å². The van der Waals surface area contributed by atoms with Gasteiger partial charge < -0.3 is 19.3 Å². The number of anilines is 1. The summed E-state index contributed by atoms with van der Waals surface area (Å²) >= 11 is 6.04. The van der Waals surface area contributed by atoms with Crippen molar-refractivity contribution in [1.82, 2.24) is 9.88 Å². The van der Waals surface area contributed by atoms with Crippen LogP contribution in [0.5, 0.6) is 11.5 Å². The zero-order chi connectivity index (χ0) is 24.9. The summed E-state index contributed by atoms with van der Waals surface area (Å²) in [7, 11) is 1.56. The van der Waals surface area contributed by atoms with Crippen LogP contribution in [-0.4, -0.2) is 55.7 Å². The van der Waals surface area contributed by atoms with E-state index in [-0.39, 0.29) is 16.7 Å². The van der Waals surface area contributed by atoms with Gasteiger partial charge in [-0.3, -0.25) is 4.79 Å². The van der Waals surface area contributed by atoms with Crippen molar-refractivity contribution in [2.45, 2.75) is 20.0 Å². The molecular formula is C24H27ClF3N3O3. The molecule has 0 bridgehead atoms. The topological polar surface area (TPSA) is 54.9 Å². The third kappa shape index (κ3) is 6.56. The fourth-order valence-corrected chi connectivity index (χ4v) is 3.68. The minimum Gasteiger partial charge on any atom is -0.493 e. The van der Waals surface area contributed by atoms with Gasteiger partial charge in [0.15, 0.2) is 11.5 Å². The van der Waals surface area contributed by atoms with E-state index in [0.29, 0.717) is 50.2 Å². The molecule has 1 aliphatic heterocycles. The minimum absolute atomic E-state index is 0.0655. The first kappa shape index (κ1) is 25.7. The van der Waals surface area contributed by atoms with Crippen molar-refractivity contribution in [2.75, 3.05) is 44.8 Å². The molecule has 0 N–H and O–H groups in total. The number of pyridine rings is 1. The molecule has 1 aliphatic rings. The highest BCUT2D eigenvalue weighted by Gasteiger charge is 2.32. The van der Waals surface area contributed by atoms with Crippen LogP contribution in [-0.2, 0) is 11.0 Å². The molecule has 0 spiro atoms.